The van der Waals surface area contributed by atoms with Crippen LogP contribution in [0, 0.1) is 5.92 Å². The van der Waals surface area contributed by atoms with E-state index in [1.54, 1.807) is 6.92 Å². The Hall–Kier alpha value is -0.900. The number of aliphatic hydroxyl groups excluding tert-OH is 1. The normalized spacial score (nSPS) is 32.1. The summed E-state index contributed by atoms with van der Waals surface area (Å²) in [6, 6.07) is -0.375. The number of amides is 1. The summed E-state index contributed by atoms with van der Waals surface area (Å²) in [5.41, 5.74) is 0. The molecule has 0 aromatic heterocycles. The number of rotatable bonds is 2. The van der Waals surface area contributed by atoms with Gasteiger partial charge in [0.25, 0.3) is 0 Å². The number of nitrogens with one attached hydrogen (secondary N) is 1. The molecule has 11 heavy (non-hydrogen) atoms. The molecule has 0 spiro atoms. The first kappa shape index (κ1) is 8.20. The summed E-state index contributed by atoms with van der Waals surface area (Å²) in [4.78, 5) is 21.5. The van der Waals surface area contributed by atoms with E-state index in [9.17, 15) is 9.59 Å². The van der Waals surface area contributed by atoms with E-state index in [1.807, 2.05) is 0 Å². The summed E-state index contributed by atoms with van der Waals surface area (Å²) in [6.45, 7) is 2.92. The summed E-state index contributed by atoms with van der Waals surface area (Å²) in [6.07, 6.45) is -0.651. The lowest BCUT2D eigenvalue weighted by molar-refractivity contribution is -0.146. The number of β-lactam (4-membered cyclic amide) rings is 1. The molecule has 1 aliphatic rings. The molecule has 1 aliphatic heterocycles. The third-order valence-electron chi connectivity index (χ3n) is 1.91. The van der Waals surface area contributed by atoms with Crippen molar-refractivity contribution in [1.29, 1.82) is 0 Å². The van der Waals surface area contributed by atoms with Gasteiger partial charge in [-0.3, -0.25) is 9.59 Å². The van der Waals surface area contributed by atoms with E-state index in [0.29, 0.717) is 0 Å². The smallest absolute Gasteiger partial charge is 0.233 e. The maximum absolute atomic E-state index is 10.8. The zero-order chi connectivity index (χ0) is 8.59. The van der Waals surface area contributed by atoms with Crippen molar-refractivity contribution in [2.75, 3.05) is 0 Å². The fraction of sp³-hybridized carbons (Fsp3) is 0.714. The van der Waals surface area contributed by atoms with Gasteiger partial charge in [-0.05, 0) is 13.8 Å². The van der Waals surface area contributed by atoms with Crippen LogP contribution in [0.3, 0.4) is 0 Å². The Morgan fingerprint density at radius 1 is 1.73 bits per heavy atom. The zero-order valence-electron chi connectivity index (χ0n) is 6.50. The first-order chi connectivity index (χ1) is 5.04. The van der Waals surface area contributed by atoms with Crippen molar-refractivity contribution in [3.63, 3.8) is 0 Å². The molecule has 0 aromatic carbocycles. The number of ketones is 1. The Kier molecular flexibility index (Phi) is 1.95. The molecule has 3 atom stereocenters. The van der Waals surface area contributed by atoms with Gasteiger partial charge in [0.15, 0.2) is 0 Å². The SMILES string of the molecule is CC(=O)[C@H]1C(=O)N[C@@H]1[C@@H](C)O. The fourth-order valence-electron chi connectivity index (χ4n) is 1.24. The standard InChI is InChI=1S/C7H11NO3/c1-3(9)5-6(4(2)10)8-7(5)11/h4-6,10H,1-2H3,(H,8,11)/t4-,5-,6-/m1/s1. The summed E-state index contributed by atoms with van der Waals surface area (Å²) < 4.78 is 0. The first-order valence-corrected chi connectivity index (χ1v) is 3.53. The third-order valence-corrected chi connectivity index (χ3v) is 1.91. The van der Waals surface area contributed by atoms with Gasteiger partial charge in [0.2, 0.25) is 5.91 Å². The highest BCUT2D eigenvalue weighted by atomic mass is 16.3. The van der Waals surface area contributed by atoms with Crippen LogP contribution in [0.4, 0.5) is 0 Å². The maximum Gasteiger partial charge on any atom is 0.233 e. The quantitative estimate of drug-likeness (QED) is 0.402. The Balaban J connectivity index is 2.62. The van der Waals surface area contributed by atoms with Gasteiger partial charge in [0, 0.05) is 0 Å². The maximum atomic E-state index is 10.8. The predicted molar refractivity (Wildman–Crippen MR) is 37.8 cm³/mol. The van der Waals surface area contributed by atoms with Gasteiger partial charge in [-0.15, -0.1) is 0 Å². The lowest BCUT2D eigenvalue weighted by atomic mass is 9.84. The molecule has 1 amide bonds. The van der Waals surface area contributed by atoms with Crippen LogP contribution >= 0.6 is 0 Å². The van der Waals surface area contributed by atoms with Crippen molar-refractivity contribution in [2.24, 2.45) is 5.92 Å². The molecule has 2 N–H and O–H groups in total. The number of hydrogen-bond donors (Lipinski definition) is 2. The molecule has 1 fully saturated rings. The van der Waals surface area contributed by atoms with Crippen LogP contribution in [0.15, 0.2) is 0 Å². The van der Waals surface area contributed by atoms with E-state index in [-0.39, 0.29) is 17.7 Å². The van der Waals surface area contributed by atoms with Gasteiger partial charge < -0.3 is 10.4 Å². The van der Waals surface area contributed by atoms with Gasteiger partial charge in [-0.1, -0.05) is 0 Å². The van der Waals surface area contributed by atoms with Crippen molar-refractivity contribution in [2.45, 2.75) is 26.0 Å². The number of aliphatic hydroxyl groups is 1. The molecule has 4 nitrogen and oxygen atoms in total. The second-order valence-corrected chi connectivity index (χ2v) is 2.86. The summed E-state index contributed by atoms with van der Waals surface area (Å²) in [5, 5.41) is 11.5. The largest absolute Gasteiger partial charge is 0.391 e. The number of carbonyl (C=O) groups excluding carboxylic acids is 2. The Labute approximate surface area is 64.6 Å². The minimum Gasteiger partial charge on any atom is -0.391 e. The number of Topliss-reactive ketones (excluding diaryl/α,β-unsaturated/α-hetero) is 1. The summed E-state index contributed by atoms with van der Waals surface area (Å²) in [7, 11) is 0. The molecule has 0 bridgehead atoms. The molecular weight excluding hydrogens is 146 g/mol. The lowest BCUT2D eigenvalue weighted by Gasteiger charge is -2.36. The van der Waals surface area contributed by atoms with E-state index < -0.39 is 12.0 Å². The second-order valence-electron chi connectivity index (χ2n) is 2.86. The predicted octanol–water partition coefficient (Wildman–Crippen LogP) is -0.929. The van der Waals surface area contributed by atoms with Gasteiger partial charge in [0.05, 0.1) is 12.1 Å². The van der Waals surface area contributed by atoms with Gasteiger partial charge in [0.1, 0.15) is 11.7 Å². The second kappa shape index (κ2) is 2.62. The first-order valence-electron chi connectivity index (χ1n) is 3.53. The van der Waals surface area contributed by atoms with Crippen LogP contribution in [0.1, 0.15) is 13.8 Å². The average Bonchev–Trinajstić information content (AvgIpc) is 1.80. The van der Waals surface area contributed by atoms with E-state index >= 15 is 0 Å². The van der Waals surface area contributed by atoms with E-state index in [0.717, 1.165) is 0 Å². The minimum atomic E-state index is -0.651. The average molecular weight is 157 g/mol. The van der Waals surface area contributed by atoms with Gasteiger partial charge in [-0.25, -0.2) is 0 Å². The highest BCUT2D eigenvalue weighted by molar-refractivity contribution is 6.05. The molecule has 0 radical (unpaired) electrons. The topological polar surface area (TPSA) is 66.4 Å². The van der Waals surface area contributed by atoms with Crippen LogP contribution in [-0.2, 0) is 9.59 Å². The molecule has 4 heteroatoms. The lowest BCUT2D eigenvalue weighted by Crippen LogP contribution is -2.64. The third kappa shape index (κ3) is 1.26. The fourth-order valence-corrected chi connectivity index (χ4v) is 1.24. The van der Waals surface area contributed by atoms with E-state index in [1.165, 1.54) is 6.92 Å². The van der Waals surface area contributed by atoms with E-state index in [2.05, 4.69) is 5.32 Å². The molecule has 1 saturated heterocycles. The molecule has 0 aromatic rings. The Bertz CT molecular complexity index is 192. The number of hydrogen-bond acceptors (Lipinski definition) is 3. The van der Waals surface area contributed by atoms with Crippen LogP contribution in [-0.4, -0.2) is 28.9 Å². The monoisotopic (exact) mass is 157 g/mol. The zero-order valence-corrected chi connectivity index (χ0v) is 6.50. The van der Waals surface area contributed by atoms with Crippen LogP contribution in [0.5, 0.6) is 0 Å². The Morgan fingerprint density at radius 3 is 2.45 bits per heavy atom. The minimum absolute atomic E-state index is 0.181. The molecule has 62 valence electrons. The summed E-state index contributed by atoms with van der Waals surface area (Å²) >= 11 is 0. The van der Waals surface area contributed by atoms with Crippen molar-refractivity contribution < 1.29 is 14.7 Å². The molecule has 0 saturated carbocycles. The molecule has 0 aliphatic carbocycles. The highest BCUT2D eigenvalue weighted by Gasteiger charge is 2.44. The Morgan fingerprint density at radius 2 is 2.27 bits per heavy atom. The number of carbonyl (C=O) groups is 2. The highest BCUT2D eigenvalue weighted by Crippen LogP contribution is 2.18. The molecule has 1 heterocycles. The summed E-state index contributed by atoms with van der Waals surface area (Å²) in [5.74, 6) is -1.09. The van der Waals surface area contributed by atoms with Crippen molar-refractivity contribution in [3.05, 3.63) is 0 Å². The van der Waals surface area contributed by atoms with Gasteiger partial charge >= 0.3 is 0 Å². The van der Waals surface area contributed by atoms with Crippen molar-refractivity contribution in [1.82, 2.24) is 5.32 Å². The molecular formula is C7H11NO3. The van der Waals surface area contributed by atoms with Crippen LogP contribution in [0.25, 0.3) is 0 Å². The van der Waals surface area contributed by atoms with Crippen LogP contribution < -0.4 is 5.32 Å². The van der Waals surface area contributed by atoms with E-state index in [4.69, 9.17) is 5.11 Å². The molecule has 0 unspecified atom stereocenters. The van der Waals surface area contributed by atoms with Crippen molar-refractivity contribution in [3.8, 4) is 0 Å². The van der Waals surface area contributed by atoms with Gasteiger partial charge in [-0.2, -0.15) is 0 Å². The van der Waals surface area contributed by atoms with Crippen molar-refractivity contribution >= 4 is 11.7 Å². The molecule has 1 rings (SSSR count). The van der Waals surface area contributed by atoms with Crippen LogP contribution in [0.2, 0.25) is 0 Å².